The highest BCUT2D eigenvalue weighted by Crippen LogP contribution is 2.34. The van der Waals surface area contributed by atoms with E-state index in [-0.39, 0.29) is 30.1 Å². The van der Waals surface area contributed by atoms with Crippen molar-refractivity contribution in [3.8, 4) is 0 Å². The van der Waals surface area contributed by atoms with Crippen LogP contribution in [0.1, 0.15) is 44.9 Å². The topological polar surface area (TPSA) is 87.7 Å². The van der Waals surface area contributed by atoms with E-state index in [1.54, 1.807) is 0 Å². The zero-order chi connectivity index (χ0) is 14.1. The highest BCUT2D eigenvalue weighted by atomic mass is 16.5. The minimum absolute atomic E-state index is 0.102. The van der Waals surface area contributed by atoms with Gasteiger partial charge in [-0.25, -0.2) is 4.79 Å². The van der Waals surface area contributed by atoms with Gasteiger partial charge in [-0.05, 0) is 44.9 Å². The maximum Gasteiger partial charge on any atom is 0.315 e. The Hall–Kier alpha value is -1.30. The van der Waals surface area contributed by atoms with Crippen molar-refractivity contribution < 1.29 is 19.4 Å². The minimum Gasteiger partial charge on any atom is -0.481 e. The van der Waals surface area contributed by atoms with E-state index < -0.39 is 5.97 Å². The number of carboxylic acid groups (broad SMARTS) is 1. The third-order valence-electron chi connectivity index (χ3n) is 4.83. The molecule has 3 aliphatic rings. The van der Waals surface area contributed by atoms with E-state index in [1.807, 2.05) is 0 Å². The van der Waals surface area contributed by atoms with Gasteiger partial charge in [0.05, 0.1) is 24.2 Å². The lowest BCUT2D eigenvalue weighted by atomic mass is 9.86. The fourth-order valence-electron chi connectivity index (χ4n) is 3.67. The second kappa shape index (κ2) is 5.60. The molecule has 2 bridgehead atoms. The van der Waals surface area contributed by atoms with E-state index in [0.717, 1.165) is 32.1 Å². The summed E-state index contributed by atoms with van der Waals surface area (Å²) in [5.41, 5.74) is 0. The number of carbonyl (C=O) groups is 2. The van der Waals surface area contributed by atoms with Crippen LogP contribution in [0.5, 0.6) is 0 Å². The molecule has 3 N–H and O–H groups in total. The molecule has 3 atom stereocenters. The molecule has 1 saturated carbocycles. The fourth-order valence-corrected chi connectivity index (χ4v) is 3.67. The number of ether oxygens (including phenoxy) is 1. The summed E-state index contributed by atoms with van der Waals surface area (Å²) < 4.78 is 5.71. The molecule has 0 aromatic carbocycles. The van der Waals surface area contributed by atoms with Gasteiger partial charge in [0.25, 0.3) is 0 Å². The van der Waals surface area contributed by atoms with Gasteiger partial charge in [-0.3, -0.25) is 4.79 Å². The summed E-state index contributed by atoms with van der Waals surface area (Å²) in [6, 6.07) is 0.110. The van der Waals surface area contributed by atoms with Gasteiger partial charge in [-0.2, -0.15) is 0 Å². The van der Waals surface area contributed by atoms with Gasteiger partial charge in [0, 0.05) is 6.04 Å². The fraction of sp³-hybridized carbons (Fsp3) is 0.857. The summed E-state index contributed by atoms with van der Waals surface area (Å²) in [4.78, 5) is 22.8. The van der Waals surface area contributed by atoms with E-state index in [0.29, 0.717) is 18.9 Å². The summed E-state index contributed by atoms with van der Waals surface area (Å²) in [5.74, 6) is -0.956. The summed E-state index contributed by atoms with van der Waals surface area (Å²) in [5, 5.41) is 14.9. The molecule has 0 aromatic heterocycles. The first kappa shape index (κ1) is 13.7. The number of rotatable bonds is 3. The predicted molar refractivity (Wildman–Crippen MR) is 71.3 cm³/mol. The third-order valence-corrected chi connectivity index (χ3v) is 4.83. The largest absolute Gasteiger partial charge is 0.481 e. The van der Waals surface area contributed by atoms with Crippen molar-refractivity contribution in [2.75, 3.05) is 0 Å². The summed E-state index contributed by atoms with van der Waals surface area (Å²) in [7, 11) is 0. The summed E-state index contributed by atoms with van der Waals surface area (Å²) >= 11 is 0. The molecule has 3 rings (SSSR count). The summed E-state index contributed by atoms with van der Waals surface area (Å²) in [6.07, 6.45) is 6.39. The Balaban J connectivity index is 1.40. The second-order valence-electron chi connectivity index (χ2n) is 6.22. The zero-order valence-corrected chi connectivity index (χ0v) is 11.5. The van der Waals surface area contributed by atoms with Gasteiger partial charge in [0.2, 0.25) is 0 Å². The summed E-state index contributed by atoms with van der Waals surface area (Å²) in [6.45, 7) is 0. The van der Waals surface area contributed by atoms with Crippen LogP contribution in [0.25, 0.3) is 0 Å². The van der Waals surface area contributed by atoms with Crippen LogP contribution >= 0.6 is 0 Å². The first-order valence-corrected chi connectivity index (χ1v) is 7.57. The zero-order valence-electron chi connectivity index (χ0n) is 11.5. The van der Waals surface area contributed by atoms with Gasteiger partial charge in [-0.15, -0.1) is 0 Å². The van der Waals surface area contributed by atoms with Gasteiger partial charge in [0.1, 0.15) is 0 Å². The van der Waals surface area contributed by atoms with Crippen molar-refractivity contribution in [3.05, 3.63) is 0 Å². The van der Waals surface area contributed by atoms with Crippen molar-refractivity contribution >= 4 is 12.0 Å². The predicted octanol–water partition coefficient (Wildman–Crippen LogP) is 1.25. The molecule has 0 spiro atoms. The van der Waals surface area contributed by atoms with Gasteiger partial charge in [-0.1, -0.05) is 0 Å². The average Bonchev–Trinajstić information content (AvgIpc) is 3.01. The van der Waals surface area contributed by atoms with Gasteiger partial charge < -0.3 is 20.5 Å². The molecular weight excluding hydrogens is 260 g/mol. The number of nitrogens with one attached hydrogen (secondary N) is 2. The number of carbonyl (C=O) groups excluding carboxylic acids is 1. The molecule has 3 unspecified atom stereocenters. The number of carboxylic acids is 1. The third kappa shape index (κ3) is 2.90. The molecule has 0 aromatic rings. The smallest absolute Gasteiger partial charge is 0.315 e. The first-order chi connectivity index (χ1) is 9.61. The highest BCUT2D eigenvalue weighted by molar-refractivity contribution is 5.75. The van der Waals surface area contributed by atoms with Gasteiger partial charge in [0.15, 0.2) is 0 Å². The quantitative estimate of drug-likeness (QED) is 0.727. The van der Waals surface area contributed by atoms with Crippen LogP contribution in [0.4, 0.5) is 4.79 Å². The molecule has 112 valence electrons. The minimum atomic E-state index is -0.716. The number of aliphatic carboxylic acids is 1. The lowest BCUT2D eigenvalue weighted by Gasteiger charge is -2.28. The molecule has 6 heteroatoms. The lowest BCUT2D eigenvalue weighted by molar-refractivity contribution is -0.142. The van der Waals surface area contributed by atoms with E-state index in [2.05, 4.69) is 10.6 Å². The number of fused-ring (bicyclic) bond motifs is 2. The van der Waals surface area contributed by atoms with E-state index in [4.69, 9.17) is 9.84 Å². The lowest BCUT2D eigenvalue weighted by Crippen LogP contribution is -2.50. The van der Waals surface area contributed by atoms with E-state index in [1.165, 1.54) is 0 Å². The molecule has 2 amide bonds. The molecule has 2 saturated heterocycles. The van der Waals surface area contributed by atoms with Crippen molar-refractivity contribution in [1.29, 1.82) is 0 Å². The average molecular weight is 282 g/mol. The first-order valence-electron chi connectivity index (χ1n) is 7.57. The van der Waals surface area contributed by atoms with Crippen LogP contribution in [0.2, 0.25) is 0 Å². The van der Waals surface area contributed by atoms with Crippen molar-refractivity contribution in [1.82, 2.24) is 10.6 Å². The van der Waals surface area contributed by atoms with Crippen LogP contribution in [-0.2, 0) is 9.53 Å². The van der Waals surface area contributed by atoms with Crippen molar-refractivity contribution in [2.45, 2.75) is 69.2 Å². The van der Waals surface area contributed by atoms with Crippen molar-refractivity contribution in [2.24, 2.45) is 5.92 Å². The molecule has 0 radical (unpaired) electrons. The van der Waals surface area contributed by atoms with Crippen LogP contribution in [0.15, 0.2) is 0 Å². The highest BCUT2D eigenvalue weighted by Gasteiger charge is 2.41. The SMILES string of the molecule is O=C(NC1CCC(C(=O)O)CC1)NC1CC2CCC1O2. The molecule has 20 heavy (non-hydrogen) atoms. The normalized spacial score (nSPS) is 39.5. The van der Waals surface area contributed by atoms with E-state index in [9.17, 15) is 9.59 Å². The Bertz CT molecular complexity index is 393. The molecule has 2 heterocycles. The Morgan fingerprint density at radius 2 is 1.75 bits per heavy atom. The maximum absolute atomic E-state index is 12.0. The van der Waals surface area contributed by atoms with Crippen molar-refractivity contribution in [3.63, 3.8) is 0 Å². The maximum atomic E-state index is 12.0. The second-order valence-corrected chi connectivity index (χ2v) is 6.22. The molecule has 2 aliphatic heterocycles. The Labute approximate surface area is 118 Å². The number of urea groups is 1. The Morgan fingerprint density at radius 1 is 1.00 bits per heavy atom. The van der Waals surface area contributed by atoms with Crippen LogP contribution in [0, 0.1) is 5.92 Å². The molecular formula is C14H22N2O4. The molecule has 3 fully saturated rings. The number of hydrogen-bond donors (Lipinski definition) is 3. The number of hydrogen-bond acceptors (Lipinski definition) is 3. The molecule has 1 aliphatic carbocycles. The van der Waals surface area contributed by atoms with Crippen LogP contribution in [-0.4, -0.2) is 41.4 Å². The van der Waals surface area contributed by atoms with Crippen LogP contribution in [0.3, 0.4) is 0 Å². The number of amides is 2. The molecule has 6 nitrogen and oxygen atoms in total. The Morgan fingerprint density at radius 3 is 2.30 bits per heavy atom. The van der Waals surface area contributed by atoms with Gasteiger partial charge >= 0.3 is 12.0 Å². The standard InChI is InChI=1S/C14H22N2O4/c17-13(18)8-1-3-9(4-2-8)15-14(19)16-11-7-10-5-6-12(11)20-10/h8-12H,1-7H2,(H,17,18)(H2,15,16,19). The van der Waals surface area contributed by atoms with E-state index >= 15 is 0 Å². The van der Waals surface area contributed by atoms with Crippen LogP contribution < -0.4 is 10.6 Å². The monoisotopic (exact) mass is 282 g/mol. The Kier molecular flexibility index (Phi) is 3.83.